The maximum atomic E-state index is 13.7. The van der Waals surface area contributed by atoms with Crippen LogP contribution in [-0.2, 0) is 17.9 Å². The van der Waals surface area contributed by atoms with Crippen LogP contribution < -0.4 is 0 Å². The lowest BCUT2D eigenvalue weighted by atomic mass is 10.1. The summed E-state index contributed by atoms with van der Waals surface area (Å²) in [5.74, 6) is -0.360. The maximum absolute atomic E-state index is 13.7. The first kappa shape index (κ1) is 28.9. The van der Waals surface area contributed by atoms with Crippen LogP contribution in [-0.4, -0.2) is 50.2 Å². The summed E-state index contributed by atoms with van der Waals surface area (Å²) in [5.41, 5.74) is 1.97. The highest BCUT2D eigenvalue weighted by atomic mass is 35.5. The minimum atomic E-state index is -0.530. The van der Waals surface area contributed by atoms with Crippen LogP contribution in [0.3, 0.4) is 0 Å². The van der Waals surface area contributed by atoms with E-state index < -0.39 is 10.8 Å². The molecule has 0 aliphatic rings. The quantitative estimate of drug-likeness (QED) is 0.208. The van der Waals surface area contributed by atoms with Gasteiger partial charge in [0.1, 0.15) is 6.54 Å². The Labute approximate surface area is 229 Å². The monoisotopic (exact) mass is 538 g/mol. The lowest BCUT2D eigenvalue weighted by Crippen LogP contribution is -2.47. The molecule has 3 rings (SSSR count). The maximum Gasteiger partial charge on any atom is 0.270 e. The molecule has 0 fully saturated rings. The molecule has 0 radical (unpaired) electrons. The number of hydrogen-bond acceptors (Lipinski definition) is 4. The fraction of sp³-hybridized carbons (Fsp3) is 0.379. The van der Waals surface area contributed by atoms with Crippen molar-refractivity contribution < 1.29 is 14.5 Å². The van der Waals surface area contributed by atoms with E-state index in [1.165, 1.54) is 23.1 Å². The highest BCUT2D eigenvalue weighted by Crippen LogP contribution is 2.20. The van der Waals surface area contributed by atoms with Crippen LogP contribution in [0.1, 0.15) is 55.7 Å². The van der Waals surface area contributed by atoms with Gasteiger partial charge in [-0.05, 0) is 49.1 Å². The average Bonchev–Trinajstić information content (AvgIpc) is 3.33. The van der Waals surface area contributed by atoms with E-state index in [0.717, 1.165) is 11.3 Å². The first-order chi connectivity index (χ1) is 18.1. The summed E-state index contributed by atoms with van der Waals surface area (Å²) in [6.45, 7) is 9.28. The van der Waals surface area contributed by atoms with E-state index >= 15 is 0 Å². The van der Waals surface area contributed by atoms with Gasteiger partial charge in [-0.2, -0.15) is 0 Å². The summed E-state index contributed by atoms with van der Waals surface area (Å²) >= 11 is 6.37. The molecule has 0 bridgehead atoms. The number of nitrogens with zero attached hydrogens (tertiary/aromatic N) is 4. The summed E-state index contributed by atoms with van der Waals surface area (Å²) in [6, 6.07) is 17.0. The number of nitro groups is 1. The Morgan fingerprint density at radius 3 is 2.45 bits per heavy atom. The SMILES string of the molecule is CCC(C)N(CC(=O)N(Cc1cccn1Cc1ccccc1Cl)CC(C)C)C(=O)c1cccc([N+](=O)[O-])c1. The third-order valence-corrected chi connectivity index (χ3v) is 6.88. The number of hydrogen-bond donors (Lipinski definition) is 0. The molecular weight excluding hydrogens is 504 g/mol. The first-order valence-corrected chi connectivity index (χ1v) is 13.2. The lowest BCUT2D eigenvalue weighted by Gasteiger charge is -2.32. The zero-order valence-electron chi connectivity index (χ0n) is 22.3. The largest absolute Gasteiger partial charge is 0.345 e. The Hall–Kier alpha value is -3.65. The smallest absolute Gasteiger partial charge is 0.270 e. The molecule has 38 heavy (non-hydrogen) atoms. The van der Waals surface area contributed by atoms with E-state index in [-0.39, 0.29) is 35.7 Å². The second-order valence-corrected chi connectivity index (χ2v) is 10.3. The third kappa shape index (κ3) is 7.44. The van der Waals surface area contributed by atoms with Crippen molar-refractivity contribution in [1.82, 2.24) is 14.4 Å². The number of rotatable bonds is 12. The number of halogens is 1. The van der Waals surface area contributed by atoms with Crippen LogP contribution in [0.5, 0.6) is 0 Å². The van der Waals surface area contributed by atoms with Gasteiger partial charge in [0.15, 0.2) is 0 Å². The number of non-ortho nitro benzene ring substituents is 1. The minimum absolute atomic E-state index is 0.117. The predicted molar refractivity (Wildman–Crippen MR) is 149 cm³/mol. The molecule has 9 heteroatoms. The van der Waals surface area contributed by atoms with Gasteiger partial charge in [-0.25, -0.2) is 0 Å². The molecule has 0 aliphatic heterocycles. The van der Waals surface area contributed by atoms with Crippen LogP contribution in [0.15, 0.2) is 66.9 Å². The highest BCUT2D eigenvalue weighted by molar-refractivity contribution is 6.31. The molecule has 0 N–H and O–H groups in total. The van der Waals surface area contributed by atoms with Crippen molar-refractivity contribution in [3.63, 3.8) is 0 Å². The van der Waals surface area contributed by atoms with E-state index in [2.05, 4.69) is 4.57 Å². The molecule has 1 unspecified atom stereocenters. The Morgan fingerprint density at radius 2 is 1.79 bits per heavy atom. The van der Waals surface area contributed by atoms with Crippen LogP contribution in [0.4, 0.5) is 5.69 Å². The van der Waals surface area contributed by atoms with Gasteiger partial charge in [0.25, 0.3) is 11.6 Å². The zero-order chi connectivity index (χ0) is 27.8. The van der Waals surface area contributed by atoms with Gasteiger partial charge in [-0.15, -0.1) is 0 Å². The molecule has 0 saturated heterocycles. The Kier molecular flexibility index (Phi) is 10.1. The average molecular weight is 539 g/mol. The van der Waals surface area contributed by atoms with E-state index in [0.29, 0.717) is 31.1 Å². The highest BCUT2D eigenvalue weighted by Gasteiger charge is 2.27. The van der Waals surface area contributed by atoms with E-state index in [9.17, 15) is 19.7 Å². The van der Waals surface area contributed by atoms with Crippen molar-refractivity contribution in [3.8, 4) is 0 Å². The fourth-order valence-corrected chi connectivity index (χ4v) is 4.46. The Balaban J connectivity index is 1.83. The lowest BCUT2D eigenvalue weighted by molar-refractivity contribution is -0.384. The number of amides is 2. The minimum Gasteiger partial charge on any atom is -0.345 e. The summed E-state index contributed by atoms with van der Waals surface area (Å²) in [4.78, 5) is 41.1. The number of benzene rings is 2. The van der Waals surface area contributed by atoms with Crippen molar-refractivity contribution in [1.29, 1.82) is 0 Å². The molecular formula is C29H35ClN4O4. The van der Waals surface area contributed by atoms with Gasteiger partial charge in [-0.1, -0.05) is 56.6 Å². The molecule has 0 spiro atoms. The molecule has 202 valence electrons. The second kappa shape index (κ2) is 13.2. The molecule has 1 aromatic heterocycles. The molecule has 2 amide bonds. The Morgan fingerprint density at radius 1 is 1.05 bits per heavy atom. The number of carbonyl (C=O) groups is 2. The van der Waals surface area contributed by atoms with Crippen molar-refractivity contribution in [2.45, 2.75) is 53.2 Å². The van der Waals surface area contributed by atoms with Gasteiger partial charge in [-0.3, -0.25) is 19.7 Å². The number of aromatic nitrogens is 1. The molecule has 8 nitrogen and oxygen atoms in total. The molecule has 1 heterocycles. The molecule has 1 atom stereocenters. The van der Waals surface area contributed by atoms with Crippen LogP contribution in [0.2, 0.25) is 5.02 Å². The molecule has 0 aliphatic carbocycles. The van der Waals surface area contributed by atoms with Gasteiger partial charge in [0.2, 0.25) is 5.91 Å². The molecule has 3 aromatic rings. The van der Waals surface area contributed by atoms with Crippen molar-refractivity contribution in [2.75, 3.05) is 13.1 Å². The zero-order valence-corrected chi connectivity index (χ0v) is 23.1. The standard InChI is InChI=1S/C29H35ClN4O4/c1-5-22(4)33(29(36)23-11-8-12-25(16-23)34(37)38)20-28(35)32(17-21(2)3)19-26-13-9-15-31(26)18-24-10-6-7-14-27(24)30/h6-16,21-22H,5,17-20H2,1-4H3. The van der Waals surface area contributed by atoms with Gasteiger partial charge in [0, 0.05) is 53.7 Å². The van der Waals surface area contributed by atoms with Gasteiger partial charge >= 0.3 is 0 Å². The van der Waals surface area contributed by atoms with Crippen LogP contribution >= 0.6 is 11.6 Å². The van der Waals surface area contributed by atoms with E-state index in [4.69, 9.17) is 11.6 Å². The topological polar surface area (TPSA) is 88.7 Å². The van der Waals surface area contributed by atoms with Crippen molar-refractivity contribution >= 4 is 29.1 Å². The summed E-state index contributed by atoms with van der Waals surface area (Å²) in [5, 5.41) is 11.9. The normalized spacial score (nSPS) is 11.8. The van der Waals surface area contributed by atoms with E-state index in [1.54, 1.807) is 11.0 Å². The Bertz CT molecular complexity index is 1270. The second-order valence-electron chi connectivity index (χ2n) is 9.88. The van der Waals surface area contributed by atoms with Gasteiger partial charge < -0.3 is 14.4 Å². The summed E-state index contributed by atoms with van der Waals surface area (Å²) in [7, 11) is 0. The number of carbonyl (C=O) groups excluding carboxylic acids is 2. The summed E-state index contributed by atoms with van der Waals surface area (Å²) in [6.07, 6.45) is 2.60. The molecule has 0 saturated carbocycles. The van der Waals surface area contributed by atoms with Crippen LogP contribution in [0, 0.1) is 16.0 Å². The van der Waals surface area contributed by atoms with Crippen molar-refractivity contribution in [3.05, 3.63) is 98.8 Å². The van der Waals surface area contributed by atoms with Gasteiger partial charge in [0.05, 0.1) is 11.5 Å². The summed E-state index contributed by atoms with van der Waals surface area (Å²) < 4.78 is 2.07. The van der Waals surface area contributed by atoms with E-state index in [1.807, 2.05) is 70.3 Å². The first-order valence-electron chi connectivity index (χ1n) is 12.8. The molecule has 2 aromatic carbocycles. The van der Waals surface area contributed by atoms with Crippen LogP contribution in [0.25, 0.3) is 0 Å². The number of nitro benzene ring substituents is 1. The fourth-order valence-electron chi connectivity index (χ4n) is 4.26. The predicted octanol–water partition coefficient (Wildman–Crippen LogP) is 6.02. The third-order valence-electron chi connectivity index (χ3n) is 6.51. The van der Waals surface area contributed by atoms with Crippen molar-refractivity contribution in [2.24, 2.45) is 5.92 Å².